The van der Waals surface area contributed by atoms with E-state index >= 15 is 0 Å². The molecule has 4 heteroatoms. The molecule has 11 rings (SSSR count). The monoisotopic (exact) mass is 609 g/mol. The SMILES string of the molecule is c1ccc(-c2cc(-c3ccc(-c4ccc(C56CC7CC(CC(C7)C5)C6)c5ocnc45)c4ccccc34)nc(-c3ccccc3)n2)cc1. The number of fused-ring (bicyclic) bond motifs is 2. The molecular formula is C43H35N3O. The zero-order valence-electron chi connectivity index (χ0n) is 26.3. The van der Waals surface area contributed by atoms with Crippen molar-refractivity contribution >= 4 is 21.9 Å². The van der Waals surface area contributed by atoms with Crippen LogP contribution in [0.25, 0.3) is 66.9 Å². The summed E-state index contributed by atoms with van der Waals surface area (Å²) in [4.78, 5) is 15.0. The molecule has 4 bridgehead atoms. The van der Waals surface area contributed by atoms with E-state index < -0.39 is 0 Å². The minimum absolute atomic E-state index is 0.247. The van der Waals surface area contributed by atoms with Crippen molar-refractivity contribution in [3.8, 4) is 45.0 Å². The molecule has 0 unspecified atom stereocenters. The topological polar surface area (TPSA) is 51.8 Å². The van der Waals surface area contributed by atoms with Crippen LogP contribution in [0.1, 0.15) is 44.1 Å². The first-order valence-electron chi connectivity index (χ1n) is 17.1. The van der Waals surface area contributed by atoms with Crippen molar-refractivity contribution in [2.24, 2.45) is 17.8 Å². The van der Waals surface area contributed by atoms with Gasteiger partial charge in [0.1, 0.15) is 5.52 Å². The number of hydrogen-bond donors (Lipinski definition) is 0. The zero-order chi connectivity index (χ0) is 31.0. The summed E-state index contributed by atoms with van der Waals surface area (Å²) in [6, 6.07) is 40.6. The molecule has 4 aliphatic carbocycles. The summed E-state index contributed by atoms with van der Waals surface area (Å²) >= 11 is 0. The van der Waals surface area contributed by atoms with Crippen LogP contribution in [0.4, 0.5) is 0 Å². The Morgan fingerprint density at radius 2 is 1.13 bits per heavy atom. The van der Waals surface area contributed by atoms with Gasteiger partial charge in [-0.1, -0.05) is 109 Å². The van der Waals surface area contributed by atoms with Gasteiger partial charge in [-0.2, -0.15) is 0 Å². The Hall–Kier alpha value is -5.09. The van der Waals surface area contributed by atoms with E-state index in [0.717, 1.165) is 73.7 Å². The summed E-state index contributed by atoms with van der Waals surface area (Å²) < 4.78 is 6.29. The summed E-state index contributed by atoms with van der Waals surface area (Å²) in [5, 5.41) is 2.33. The fraction of sp³-hybridized carbons (Fsp3) is 0.233. The van der Waals surface area contributed by atoms with Crippen molar-refractivity contribution in [1.29, 1.82) is 0 Å². The van der Waals surface area contributed by atoms with Crippen molar-refractivity contribution in [1.82, 2.24) is 15.0 Å². The number of aromatic nitrogens is 3. The summed E-state index contributed by atoms with van der Waals surface area (Å²) in [7, 11) is 0. The van der Waals surface area contributed by atoms with Crippen molar-refractivity contribution in [2.45, 2.75) is 43.9 Å². The smallest absolute Gasteiger partial charge is 0.182 e. The Morgan fingerprint density at radius 3 is 1.83 bits per heavy atom. The molecule has 7 aromatic rings. The number of nitrogens with zero attached hydrogens (tertiary/aromatic N) is 3. The van der Waals surface area contributed by atoms with Crippen molar-refractivity contribution < 1.29 is 4.42 Å². The molecule has 0 radical (unpaired) electrons. The van der Waals surface area contributed by atoms with Gasteiger partial charge >= 0.3 is 0 Å². The molecule has 47 heavy (non-hydrogen) atoms. The molecule has 0 amide bonds. The van der Waals surface area contributed by atoms with Crippen molar-refractivity contribution in [2.75, 3.05) is 0 Å². The summed E-state index contributed by atoms with van der Waals surface area (Å²) in [6.45, 7) is 0. The van der Waals surface area contributed by atoms with E-state index in [1.807, 2.05) is 24.3 Å². The average molecular weight is 610 g/mol. The minimum Gasteiger partial charge on any atom is -0.443 e. The molecular weight excluding hydrogens is 574 g/mol. The second-order valence-corrected chi connectivity index (χ2v) is 14.3. The molecule has 5 aromatic carbocycles. The van der Waals surface area contributed by atoms with E-state index in [9.17, 15) is 0 Å². The Balaban J connectivity index is 1.13. The molecule has 2 heterocycles. The molecule has 2 aromatic heterocycles. The van der Waals surface area contributed by atoms with Gasteiger partial charge < -0.3 is 4.42 Å². The lowest BCUT2D eigenvalue weighted by atomic mass is 9.48. The van der Waals surface area contributed by atoms with Crippen LogP contribution in [-0.2, 0) is 5.41 Å². The van der Waals surface area contributed by atoms with Gasteiger partial charge in [0.05, 0.1) is 11.4 Å². The van der Waals surface area contributed by atoms with Gasteiger partial charge in [-0.15, -0.1) is 0 Å². The van der Waals surface area contributed by atoms with Crippen molar-refractivity contribution in [3.63, 3.8) is 0 Å². The third-order valence-electron chi connectivity index (χ3n) is 11.4. The molecule has 228 valence electrons. The largest absolute Gasteiger partial charge is 0.443 e. The van der Waals surface area contributed by atoms with E-state index in [4.69, 9.17) is 19.4 Å². The lowest BCUT2D eigenvalue weighted by Crippen LogP contribution is -2.48. The number of benzene rings is 5. The van der Waals surface area contributed by atoms with Crippen molar-refractivity contribution in [3.05, 3.63) is 127 Å². The van der Waals surface area contributed by atoms with E-state index in [1.165, 1.54) is 55.0 Å². The summed E-state index contributed by atoms with van der Waals surface area (Å²) in [5.74, 6) is 3.35. The Kier molecular flexibility index (Phi) is 6.03. The maximum Gasteiger partial charge on any atom is 0.182 e. The van der Waals surface area contributed by atoms with Gasteiger partial charge in [-0.25, -0.2) is 15.0 Å². The highest BCUT2D eigenvalue weighted by atomic mass is 16.3. The lowest BCUT2D eigenvalue weighted by molar-refractivity contribution is -0.00487. The van der Waals surface area contributed by atoms with E-state index in [0.29, 0.717) is 0 Å². The van der Waals surface area contributed by atoms with Gasteiger partial charge in [0.2, 0.25) is 0 Å². The second kappa shape index (κ2) is 10.5. The van der Waals surface area contributed by atoms with Crippen LogP contribution in [0.2, 0.25) is 0 Å². The maximum absolute atomic E-state index is 6.29. The van der Waals surface area contributed by atoms with Gasteiger partial charge in [0, 0.05) is 27.8 Å². The standard InChI is InChI=1S/C43H35N3O/c1-3-9-30(10-4-1)38-22-39(46-42(45-38)31-11-5-2-6-12-31)35-16-15-34(32-13-7-8-14-33(32)35)36-17-18-37(41-40(36)44-26-47-41)43-23-27-19-28(24-43)21-29(20-27)25-43/h1-18,22,26-29H,19-21,23-25H2. The first-order chi connectivity index (χ1) is 23.2. The average Bonchev–Trinajstić information content (AvgIpc) is 3.61. The van der Waals surface area contributed by atoms with Gasteiger partial charge in [-0.3, -0.25) is 0 Å². The van der Waals surface area contributed by atoms with Gasteiger partial charge in [0.25, 0.3) is 0 Å². The first-order valence-corrected chi connectivity index (χ1v) is 17.1. The molecule has 0 spiro atoms. The van der Waals surface area contributed by atoms with Crippen LogP contribution >= 0.6 is 0 Å². The Morgan fingerprint density at radius 1 is 0.553 bits per heavy atom. The van der Waals surface area contributed by atoms with Crippen LogP contribution in [0, 0.1) is 17.8 Å². The summed E-state index contributed by atoms with van der Waals surface area (Å²) in [6.07, 6.45) is 9.87. The highest BCUT2D eigenvalue weighted by molar-refractivity contribution is 6.08. The zero-order valence-corrected chi connectivity index (χ0v) is 26.3. The maximum atomic E-state index is 6.29. The predicted molar refractivity (Wildman–Crippen MR) is 189 cm³/mol. The molecule has 4 nitrogen and oxygen atoms in total. The Bertz CT molecular complexity index is 2190. The summed E-state index contributed by atoms with van der Waals surface area (Å²) in [5.41, 5.74) is 10.9. The molecule has 0 aliphatic heterocycles. The molecule has 4 aliphatic rings. The van der Waals surface area contributed by atoms with Crippen LogP contribution in [-0.4, -0.2) is 15.0 Å². The fourth-order valence-corrected chi connectivity index (χ4v) is 9.84. The minimum atomic E-state index is 0.247. The second-order valence-electron chi connectivity index (χ2n) is 14.3. The molecule has 4 saturated carbocycles. The Labute approximate surface area is 274 Å². The number of rotatable bonds is 5. The van der Waals surface area contributed by atoms with Gasteiger partial charge in [-0.05, 0) is 84.1 Å². The molecule has 0 N–H and O–H groups in total. The lowest BCUT2D eigenvalue weighted by Gasteiger charge is -2.57. The van der Waals surface area contributed by atoms with Gasteiger partial charge in [0.15, 0.2) is 17.8 Å². The first kappa shape index (κ1) is 27.1. The van der Waals surface area contributed by atoms with Crippen LogP contribution in [0.15, 0.2) is 126 Å². The van der Waals surface area contributed by atoms with E-state index in [2.05, 4.69) is 91.0 Å². The molecule has 0 atom stereocenters. The third kappa shape index (κ3) is 4.38. The normalized spacial score (nSPS) is 23.1. The van der Waals surface area contributed by atoms with Crippen LogP contribution < -0.4 is 0 Å². The molecule has 0 saturated heterocycles. The quantitative estimate of drug-likeness (QED) is 0.195. The van der Waals surface area contributed by atoms with Crippen LogP contribution in [0.5, 0.6) is 0 Å². The van der Waals surface area contributed by atoms with Crippen LogP contribution in [0.3, 0.4) is 0 Å². The molecule has 4 fully saturated rings. The van der Waals surface area contributed by atoms with E-state index in [-0.39, 0.29) is 5.41 Å². The fourth-order valence-electron chi connectivity index (χ4n) is 9.84. The third-order valence-corrected chi connectivity index (χ3v) is 11.4. The predicted octanol–water partition coefficient (Wildman–Crippen LogP) is 10.9. The highest BCUT2D eigenvalue weighted by Crippen LogP contribution is 2.61. The number of hydrogen-bond acceptors (Lipinski definition) is 4. The van der Waals surface area contributed by atoms with E-state index in [1.54, 1.807) is 6.39 Å². The highest BCUT2D eigenvalue weighted by Gasteiger charge is 2.52. The number of oxazole rings is 1.